The van der Waals surface area contributed by atoms with Gasteiger partial charge in [0, 0.05) is 11.1 Å². The molecule has 1 unspecified atom stereocenters. The van der Waals surface area contributed by atoms with Crippen LogP contribution in [0.1, 0.15) is 12.5 Å². The largest absolute Gasteiger partial charge is 0.398 e. The molecule has 8 heteroatoms. The van der Waals surface area contributed by atoms with Crippen molar-refractivity contribution in [1.82, 2.24) is 4.72 Å². The second-order valence-electron chi connectivity index (χ2n) is 4.60. The maximum absolute atomic E-state index is 12.2. The summed E-state index contributed by atoms with van der Waals surface area (Å²) < 4.78 is 49.2. The molecule has 0 radical (unpaired) electrons. The Balaban J connectivity index is 2.23. The van der Waals surface area contributed by atoms with E-state index in [-0.39, 0.29) is 10.6 Å². The topological polar surface area (TPSA) is 106 Å². The van der Waals surface area contributed by atoms with Crippen LogP contribution in [-0.4, -0.2) is 28.6 Å². The number of nitrogens with one attached hydrogen (secondary N) is 1. The van der Waals surface area contributed by atoms with E-state index in [1.54, 1.807) is 6.07 Å². The van der Waals surface area contributed by atoms with Crippen LogP contribution in [0, 0.1) is 0 Å². The summed E-state index contributed by atoms with van der Waals surface area (Å²) in [5.41, 5.74) is 7.05. The lowest BCUT2D eigenvalue weighted by Gasteiger charge is -2.12. The highest BCUT2D eigenvalue weighted by Crippen LogP contribution is 2.19. The van der Waals surface area contributed by atoms with Crippen LogP contribution in [0.2, 0.25) is 0 Å². The predicted molar refractivity (Wildman–Crippen MR) is 77.3 cm³/mol. The first-order chi connectivity index (χ1) is 9.23. The number of sulfone groups is 1. The lowest BCUT2D eigenvalue weighted by Crippen LogP contribution is -2.35. The Bertz CT molecular complexity index is 752. The third kappa shape index (κ3) is 3.20. The van der Waals surface area contributed by atoms with Gasteiger partial charge in [0.05, 0.1) is 16.7 Å². The molecule has 2 rings (SSSR count). The van der Waals surface area contributed by atoms with Gasteiger partial charge < -0.3 is 5.73 Å². The second-order valence-corrected chi connectivity index (χ2v) is 8.25. The SMILES string of the molecule is CCc1ccc(S(=O)(=O)NC2C=CS(=O)(=O)C2)cc1N. The summed E-state index contributed by atoms with van der Waals surface area (Å²) in [5, 5.41) is 1.02. The normalized spacial score (nSPS) is 21.1. The fraction of sp³-hybridized carbons (Fsp3) is 0.333. The van der Waals surface area contributed by atoms with Crippen LogP contribution in [0.25, 0.3) is 0 Å². The predicted octanol–water partition coefficient (Wildman–Crippen LogP) is 0.420. The molecule has 0 aliphatic carbocycles. The maximum Gasteiger partial charge on any atom is 0.241 e. The van der Waals surface area contributed by atoms with Crippen LogP contribution in [0.3, 0.4) is 0 Å². The van der Waals surface area contributed by atoms with Gasteiger partial charge in [0.15, 0.2) is 9.84 Å². The number of hydrogen-bond acceptors (Lipinski definition) is 5. The molecular formula is C12H16N2O4S2. The first-order valence-electron chi connectivity index (χ1n) is 6.05. The van der Waals surface area contributed by atoms with E-state index in [9.17, 15) is 16.8 Å². The highest BCUT2D eigenvalue weighted by Gasteiger charge is 2.26. The van der Waals surface area contributed by atoms with Crippen molar-refractivity contribution in [3.05, 3.63) is 35.2 Å². The quantitative estimate of drug-likeness (QED) is 0.783. The van der Waals surface area contributed by atoms with E-state index in [1.165, 1.54) is 18.2 Å². The van der Waals surface area contributed by atoms with Gasteiger partial charge in [0.2, 0.25) is 10.0 Å². The van der Waals surface area contributed by atoms with Crippen molar-refractivity contribution < 1.29 is 16.8 Å². The van der Waals surface area contributed by atoms with Crippen molar-refractivity contribution in [1.29, 1.82) is 0 Å². The highest BCUT2D eigenvalue weighted by atomic mass is 32.2. The average molecular weight is 316 g/mol. The number of nitrogen functional groups attached to an aromatic ring is 1. The van der Waals surface area contributed by atoms with E-state index in [2.05, 4.69) is 4.72 Å². The van der Waals surface area contributed by atoms with E-state index in [0.29, 0.717) is 12.1 Å². The van der Waals surface area contributed by atoms with Crippen LogP contribution < -0.4 is 10.5 Å². The molecule has 20 heavy (non-hydrogen) atoms. The fourth-order valence-corrected chi connectivity index (χ4v) is 4.55. The van der Waals surface area contributed by atoms with Gasteiger partial charge in [-0.15, -0.1) is 0 Å². The summed E-state index contributed by atoms with van der Waals surface area (Å²) in [5.74, 6) is -0.255. The Kier molecular flexibility index (Phi) is 3.90. The molecular weight excluding hydrogens is 300 g/mol. The zero-order valence-corrected chi connectivity index (χ0v) is 12.5. The van der Waals surface area contributed by atoms with Crippen LogP contribution in [0.4, 0.5) is 5.69 Å². The van der Waals surface area contributed by atoms with E-state index < -0.39 is 25.9 Å². The van der Waals surface area contributed by atoms with E-state index in [1.807, 2.05) is 6.92 Å². The summed E-state index contributed by atoms with van der Waals surface area (Å²) in [7, 11) is -7.09. The van der Waals surface area contributed by atoms with Crippen LogP contribution in [-0.2, 0) is 26.3 Å². The third-order valence-electron chi connectivity index (χ3n) is 3.05. The molecule has 0 bridgehead atoms. The number of sulfonamides is 1. The average Bonchev–Trinajstić information content (AvgIpc) is 2.67. The minimum Gasteiger partial charge on any atom is -0.398 e. The summed E-state index contributed by atoms with van der Waals surface area (Å²) in [6, 6.07) is 3.77. The molecule has 0 spiro atoms. The van der Waals surface area contributed by atoms with Gasteiger partial charge in [-0.05, 0) is 24.1 Å². The van der Waals surface area contributed by atoms with Gasteiger partial charge in [-0.2, -0.15) is 0 Å². The molecule has 110 valence electrons. The third-order valence-corrected chi connectivity index (χ3v) is 5.93. The zero-order valence-electron chi connectivity index (χ0n) is 10.9. The monoisotopic (exact) mass is 316 g/mol. The van der Waals surface area contributed by atoms with Gasteiger partial charge in [-0.3, -0.25) is 0 Å². The Morgan fingerprint density at radius 1 is 1.40 bits per heavy atom. The molecule has 3 N–H and O–H groups in total. The number of rotatable bonds is 4. The molecule has 1 aromatic rings. The van der Waals surface area contributed by atoms with Crippen LogP contribution in [0.5, 0.6) is 0 Å². The summed E-state index contributed by atoms with van der Waals surface area (Å²) >= 11 is 0. The summed E-state index contributed by atoms with van der Waals surface area (Å²) in [6.07, 6.45) is 2.04. The molecule has 1 atom stereocenters. The molecule has 0 saturated carbocycles. The van der Waals surface area contributed by atoms with Gasteiger partial charge in [0.1, 0.15) is 0 Å². The minimum atomic E-state index is -3.79. The Labute approximate surface area is 118 Å². The van der Waals surface area contributed by atoms with Crippen molar-refractivity contribution in [2.24, 2.45) is 0 Å². The lowest BCUT2D eigenvalue weighted by atomic mass is 10.1. The van der Waals surface area contributed by atoms with Crippen molar-refractivity contribution in [2.75, 3.05) is 11.5 Å². The summed E-state index contributed by atoms with van der Waals surface area (Å²) in [4.78, 5) is 0.0323. The molecule has 6 nitrogen and oxygen atoms in total. The molecule has 0 saturated heterocycles. The minimum absolute atomic E-state index is 0.0323. The first-order valence-corrected chi connectivity index (χ1v) is 9.25. The maximum atomic E-state index is 12.2. The van der Waals surface area contributed by atoms with Crippen molar-refractivity contribution in [2.45, 2.75) is 24.3 Å². The van der Waals surface area contributed by atoms with Gasteiger partial charge >= 0.3 is 0 Å². The Morgan fingerprint density at radius 2 is 2.10 bits per heavy atom. The van der Waals surface area contributed by atoms with Gasteiger partial charge in [-0.1, -0.05) is 19.1 Å². The standard InChI is InChI=1S/C12H16N2O4S2/c1-2-9-3-4-11(7-12(9)13)20(17,18)14-10-5-6-19(15,16)8-10/h3-7,10,14H,2,8,13H2,1H3. The summed E-state index contributed by atoms with van der Waals surface area (Å²) in [6.45, 7) is 1.92. The molecule has 0 aromatic heterocycles. The van der Waals surface area contributed by atoms with E-state index >= 15 is 0 Å². The lowest BCUT2D eigenvalue weighted by molar-refractivity contribution is 0.575. The molecule has 0 fully saturated rings. The highest BCUT2D eigenvalue weighted by molar-refractivity contribution is 7.94. The van der Waals surface area contributed by atoms with Crippen molar-refractivity contribution >= 4 is 25.5 Å². The number of hydrogen-bond donors (Lipinski definition) is 2. The van der Waals surface area contributed by atoms with Crippen LogP contribution in [0.15, 0.2) is 34.6 Å². The zero-order chi connectivity index (χ0) is 15.0. The second kappa shape index (κ2) is 5.19. The fourth-order valence-electron chi connectivity index (χ4n) is 1.98. The van der Waals surface area contributed by atoms with Gasteiger partial charge in [0.25, 0.3) is 0 Å². The first kappa shape index (κ1) is 15.0. The number of nitrogens with two attached hydrogens (primary N) is 1. The molecule has 1 heterocycles. The Hall–Kier alpha value is -1.38. The number of benzene rings is 1. The molecule has 1 aliphatic rings. The van der Waals surface area contributed by atoms with Gasteiger partial charge in [-0.25, -0.2) is 21.6 Å². The molecule has 1 aromatic carbocycles. The number of aryl methyl sites for hydroxylation is 1. The van der Waals surface area contributed by atoms with Crippen molar-refractivity contribution in [3.63, 3.8) is 0 Å². The van der Waals surface area contributed by atoms with Crippen LogP contribution >= 0.6 is 0 Å². The number of anilines is 1. The van der Waals surface area contributed by atoms with E-state index in [4.69, 9.17) is 5.73 Å². The Morgan fingerprint density at radius 3 is 2.60 bits per heavy atom. The van der Waals surface area contributed by atoms with Crippen molar-refractivity contribution in [3.8, 4) is 0 Å². The molecule has 0 amide bonds. The smallest absolute Gasteiger partial charge is 0.241 e. The van der Waals surface area contributed by atoms with E-state index in [0.717, 1.165) is 11.0 Å². The molecule has 1 aliphatic heterocycles.